The van der Waals surface area contributed by atoms with Gasteiger partial charge in [-0.3, -0.25) is 9.78 Å². The summed E-state index contributed by atoms with van der Waals surface area (Å²) < 4.78 is 5.71. The van der Waals surface area contributed by atoms with Gasteiger partial charge in [-0.25, -0.2) is 0 Å². The number of benzene rings is 1. The molecule has 0 spiro atoms. The van der Waals surface area contributed by atoms with Gasteiger partial charge in [-0.2, -0.15) is 0 Å². The number of hydrogen-bond acceptors (Lipinski definition) is 3. The van der Waals surface area contributed by atoms with E-state index in [1.54, 1.807) is 12.4 Å². The number of aryl methyl sites for hydroxylation is 1. The van der Waals surface area contributed by atoms with Crippen LogP contribution in [0, 0.1) is 0 Å². The van der Waals surface area contributed by atoms with E-state index in [-0.39, 0.29) is 5.78 Å². The first-order valence-corrected chi connectivity index (χ1v) is 6.01. The topological polar surface area (TPSA) is 39.2 Å². The smallest absolute Gasteiger partial charge is 0.163 e. The lowest BCUT2D eigenvalue weighted by atomic mass is 10.1. The molecule has 0 fully saturated rings. The second-order valence-corrected chi connectivity index (χ2v) is 4.39. The highest BCUT2D eigenvalue weighted by atomic mass is 16.5. The van der Waals surface area contributed by atoms with Gasteiger partial charge in [0.05, 0.1) is 0 Å². The first-order valence-electron chi connectivity index (χ1n) is 6.01. The highest BCUT2D eigenvalue weighted by Gasteiger charge is 2.19. The zero-order valence-electron chi connectivity index (χ0n) is 9.93. The van der Waals surface area contributed by atoms with E-state index < -0.39 is 0 Å². The molecule has 1 aliphatic rings. The van der Waals surface area contributed by atoms with Crippen molar-refractivity contribution >= 4 is 5.78 Å². The number of nitrogens with zero attached hydrogens (tertiary/aromatic N) is 1. The zero-order valence-corrected chi connectivity index (χ0v) is 9.93. The zero-order chi connectivity index (χ0) is 12.4. The van der Waals surface area contributed by atoms with Gasteiger partial charge in [0.15, 0.2) is 5.78 Å². The summed E-state index contributed by atoms with van der Waals surface area (Å²) in [6.45, 7) is 0.523. The number of carbonyl (C=O) groups excluding carboxylic acids is 1. The molecule has 3 rings (SSSR count). The van der Waals surface area contributed by atoms with Gasteiger partial charge >= 0.3 is 0 Å². The monoisotopic (exact) mass is 239 g/mol. The van der Waals surface area contributed by atoms with Crippen LogP contribution in [0.4, 0.5) is 0 Å². The van der Waals surface area contributed by atoms with Crippen LogP contribution in [0.2, 0.25) is 0 Å². The lowest BCUT2D eigenvalue weighted by Gasteiger charge is -2.07. The average Bonchev–Trinajstić information content (AvgIpc) is 2.79. The van der Waals surface area contributed by atoms with Crippen LogP contribution in [-0.4, -0.2) is 10.8 Å². The Hall–Kier alpha value is -2.16. The summed E-state index contributed by atoms with van der Waals surface area (Å²) in [5, 5.41) is 0. The van der Waals surface area contributed by atoms with Gasteiger partial charge in [-0.1, -0.05) is 0 Å². The Labute approximate surface area is 105 Å². The van der Waals surface area contributed by atoms with Crippen LogP contribution in [0.25, 0.3) is 0 Å². The summed E-state index contributed by atoms with van der Waals surface area (Å²) in [7, 11) is 0. The van der Waals surface area contributed by atoms with Gasteiger partial charge in [-0.15, -0.1) is 0 Å². The molecule has 0 bridgehead atoms. The molecule has 2 aromatic rings. The van der Waals surface area contributed by atoms with E-state index in [2.05, 4.69) is 4.98 Å². The maximum Gasteiger partial charge on any atom is 0.163 e. The van der Waals surface area contributed by atoms with Crippen molar-refractivity contribution in [2.75, 3.05) is 0 Å². The molecule has 0 saturated carbocycles. The highest BCUT2D eigenvalue weighted by Crippen LogP contribution is 2.26. The number of fused-ring (bicyclic) bond motifs is 1. The molecule has 3 nitrogen and oxygen atoms in total. The van der Waals surface area contributed by atoms with Crippen LogP contribution in [0.1, 0.15) is 27.9 Å². The third kappa shape index (κ3) is 2.12. The van der Waals surface area contributed by atoms with E-state index in [1.165, 1.54) is 0 Å². The largest absolute Gasteiger partial charge is 0.489 e. The van der Waals surface area contributed by atoms with Gasteiger partial charge in [-0.05, 0) is 47.9 Å². The maximum atomic E-state index is 11.5. The minimum absolute atomic E-state index is 0.241. The second-order valence-electron chi connectivity index (χ2n) is 4.39. The molecule has 18 heavy (non-hydrogen) atoms. The van der Waals surface area contributed by atoms with Crippen molar-refractivity contribution in [2.45, 2.75) is 19.4 Å². The van der Waals surface area contributed by atoms with Gasteiger partial charge in [0.1, 0.15) is 12.4 Å². The van der Waals surface area contributed by atoms with Crippen LogP contribution in [0.5, 0.6) is 5.75 Å². The van der Waals surface area contributed by atoms with Crippen LogP contribution in [0.3, 0.4) is 0 Å². The quantitative estimate of drug-likeness (QED) is 0.826. The van der Waals surface area contributed by atoms with Crippen molar-refractivity contribution in [3.63, 3.8) is 0 Å². The van der Waals surface area contributed by atoms with Crippen molar-refractivity contribution in [1.29, 1.82) is 0 Å². The van der Waals surface area contributed by atoms with E-state index in [1.807, 2.05) is 30.3 Å². The minimum Gasteiger partial charge on any atom is -0.489 e. The number of ether oxygens (including phenoxy) is 1. The van der Waals surface area contributed by atoms with Crippen LogP contribution >= 0.6 is 0 Å². The molecule has 0 unspecified atom stereocenters. The summed E-state index contributed by atoms with van der Waals surface area (Å²) in [5.74, 6) is 1.06. The number of pyridine rings is 1. The normalized spacial score (nSPS) is 13.4. The lowest BCUT2D eigenvalue weighted by molar-refractivity contribution is 0.0994. The van der Waals surface area contributed by atoms with Crippen LogP contribution < -0.4 is 4.74 Å². The van der Waals surface area contributed by atoms with E-state index in [0.29, 0.717) is 13.0 Å². The third-order valence-electron chi connectivity index (χ3n) is 3.15. The minimum atomic E-state index is 0.241. The Balaban J connectivity index is 1.73. The number of ketones is 1. The fourth-order valence-corrected chi connectivity index (χ4v) is 2.17. The number of carbonyl (C=O) groups is 1. The SMILES string of the molecule is O=C1CCc2cc(OCc3ccncc3)ccc21. The summed E-state index contributed by atoms with van der Waals surface area (Å²) in [6, 6.07) is 9.56. The molecule has 3 heteroatoms. The molecule has 1 aliphatic carbocycles. The number of rotatable bonds is 3. The molecular weight excluding hydrogens is 226 g/mol. The molecular formula is C15H13NO2. The van der Waals surface area contributed by atoms with Crippen LogP contribution in [-0.2, 0) is 13.0 Å². The molecule has 0 radical (unpaired) electrons. The summed E-state index contributed by atoms with van der Waals surface area (Å²) in [6.07, 6.45) is 4.96. The van der Waals surface area contributed by atoms with E-state index in [0.717, 1.165) is 28.9 Å². The van der Waals surface area contributed by atoms with Crippen molar-refractivity contribution in [1.82, 2.24) is 4.98 Å². The first kappa shape index (κ1) is 11.0. The average molecular weight is 239 g/mol. The van der Waals surface area contributed by atoms with Crippen molar-refractivity contribution in [3.8, 4) is 5.75 Å². The van der Waals surface area contributed by atoms with Gasteiger partial charge in [0, 0.05) is 24.4 Å². The summed E-state index contributed by atoms with van der Waals surface area (Å²) in [4.78, 5) is 15.5. The summed E-state index contributed by atoms with van der Waals surface area (Å²) in [5.41, 5.74) is 3.04. The maximum absolute atomic E-state index is 11.5. The Kier molecular flexibility index (Phi) is 2.81. The Bertz CT molecular complexity index is 578. The molecule has 1 heterocycles. The van der Waals surface area contributed by atoms with Gasteiger partial charge in [0.25, 0.3) is 0 Å². The third-order valence-corrected chi connectivity index (χ3v) is 3.15. The standard InChI is InChI=1S/C15H13NO2/c17-15-4-1-12-9-13(2-3-14(12)15)18-10-11-5-7-16-8-6-11/h2-3,5-9H,1,4,10H2. The molecule has 0 amide bonds. The van der Waals surface area contributed by atoms with Crippen molar-refractivity contribution in [3.05, 3.63) is 59.4 Å². The number of Topliss-reactive ketones (excluding diaryl/α,β-unsaturated/α-hetero) is 1. The fourth-order valence-electron chi connectivity index (χ4n) is 2.17. The van der Waals surface area contributed by atoms with E-state index in [4.69, 9.17) is 4.74 Å². The molecule has 0 saturated heterocycles. The summed E-state index contributed by atoms with van der Waals surface area (Å²) >= 11 is 0. The molecule has 90 valence electrons. The Morgan fingerprint density at radius 2 is 1.94 bits per heavy atom. The number of aromatic nitrogens is 1. The van der Waals surface area contributed by atoms with Crippen LogP contribution in [0.15, 0.2) is 42.7 Å². The fraction of sp³-hybridized carbons (Fsp3) is 0.200. The predicted molar refractivity (Wildman–Crippen MR) is 67.7 cm³/mol. The molecule has 0 atom stereocenters. The molecule has 0 N–H and O–H groups in total. The van der Waals surface area contributed by atoms with E-state index >= 15 is 0 Å². The molecule has 1 aromatic carbocycles. The van der Waals surface area contributed by atoms with Crippen molar-refractivity contribution in [2.24, 2.45) is 0 Å². The molecule has 0 aliphatic heterocycles. The first-order chi connectivity index (χ1) is 8.83. The Morgan fingerprint density at radius 3 is 2.78 bits per heavy atom. The predicted octanol–water partition coefficient (Wildman–Crippen LogP) is 2.79. The Morgan fingerprint density at radius 1 is 1.11 bits per heavy atom. The van der Waals surface area contributed by atoms with E-state index in [9.17, 15) is 4.79 Å². The molecule has 1 aromatic heterocycles. The second kappa shape index (κ2) is 4.61. The van der Waals surface area contributed by atoms with Gasteiger partial charge in [0.2, 0.25) is 0 Å². The number of hydrogen-bond donors (Lipinski definition) is 0. The highest BCUT2D eigenvalue weighted by molar-refractivity contribution is 6.00. The lowest BCUT2D eigenvalue weighted by Crippen LogP contribution is -1.97. The van der Waals surface area contributed by atoms with Crippen molar-refractivity contribution < 1.29 is 9.53 Å². The van der Waals surface area contributed by atoms with Gasteiger partial charge < -0.3 is 4.74 Å².